The number of hydrogen-bond donors (Lipinski definition) is 0. The third-order valence-corrected chi connectivity index (χ3v) is 4.80. The number of nitrogens with zero attached hydrogens (tertiary/aromatic N) is 3. The molecule has 2 aromatic rings. The van der Waals surface area contributed by atoms with Crippen LogP contribution in [0.2, 0.25) is 0 Å². The van der Waals surface area contributed by atoms with E-state index in [0.717, 1.165) is 29.1 Å². The highest BCUT2D eigenvalue weighted by atomic mass is 16.8. The molecule has 0 N–H and O–H groups in total. The fourth-order valence-electron chi connectivity index (χ4n) is 4.13. The standard InChI is InChI=1S/C15H17N3O2/c1-7-4-5-9-14(16-7)18-10-6-8(13(18)17-9)11-12(10)20-15(2,3)19-11/h4-5,8,10-12H,6H2,1-3H3/t8?,10?,11-,12+/m1/s1. The van der Waals surface area contributed by atoms with Crippen molar-refractivity contribution < 1.29 is 9.47 Å². The van der Waals surface area contributed by atoms with Crippen LogP contribution in [0.5, 0.6) is 0 Å². The highest BCUT2D eigenvalue weighted by Crippen LogP contribution is 2.56. The SMILES string of the molecule is Cc1ccc2nc3n(c2n1)C1CC3[C@H]2OC(C)(C)O[C@@H]12. The van der Waals surface area contributed by atoms with Crippen molar-refractivity contribution in [1.82, 2.24) is 14.5 Å². The van der Waals surface area contributed by atoms with E-state index in [1.54, 1.807) is 0 Å². The fourth-order valence-corrected chi connectivity index (χ4v) is 4.13. The summed E-state index contributed by atoms with van der Waals surface area (Å²) in [5.41, 5.74) is 3.02. The molecule has 4 atom stereocenters. The van der Waals surface area contributed by atoms with Gasteiger partial charge >= 0.3 is 0 Å². The molecule has 1 saturated heterocycles. The van der Waals surface area contributed by atoms with Gasteiger partial charge in [0, 0.05) is 11.6 Å². The van der Waals surface area contributed by atoms with E-state index in [9.17, 15) is 0 Å². The Labute approximate surface area is 116 Å². The van der Waals surface area contributed by atoms with Crippen LogP contribution < -0.4 is 0 Å². The smallest absolute Gasteiger partial charge is 0.163 e. The Hall–Kier alpha value is -1.46. The van der Waals surface area contributed by atoms with Crippen molar-refractivity contribution >= 4 is 11.2 Å². The first-order valence-electron chi connectivity index (χ1n) is 7.25. The Balaban J connectivity index is 1.71. The molecule has 0 amide bonds. The number of aryl methyl sites for hydroxylation is 1. The Bertz CT molecular complexity index is 736. The summed E-state index contributed by atoms with van der Waals surface area (Å²) in [4.78, 5) is 9.47. The van der Waals surface area contributed by atoms with E-state index in [1.165, 1.54) is 0 Å². The van der Waals surface area contributed by atoms with Gasteiger partial charge in [0.05, 0.1) is 12.1 Å². The number of hydrogen-bond acceptors (Lipinski definition) is 4. The van der Waals surface area contributed by atoms with Gasteiger partial charge in [0.2, 0.25) is 0 Å². The maximum absolute atomic E-state index is 6.11. The number of pyridine rings is 1. The molecule has 104 valence electrons. The van der Waals surface area contributed by atoms with Gasteiger partial charge in [-0.2, -0.15) is 0 Å². The number of aromatic nitrogens is 3. The van der Waals surface area contributed by atoms with Crippen LogP contribution in [0.15, 0.2) is 12.1 Å². The molecule has 2 unspecified atom stereocenters. The predicted molar refractivity (Wildman–Crippen MR) is 72.5 cm³/mol. The molecule has 2 fully saturated rings. The van der Waals surface area contributed by atoms with Crippen LogP contribution in [0.4, 0.5) is 0 Å². The maximum atomic E-state index is 6.11. The van der Waals surface area contributed by atoms with E-state index in [4.69, 9.17) is 14.5 Å². The summed E-state index contributed by atoms with van der Waals surface area (Å²) >= 11 is 0. The molecule has 1 saturated carbocycles. The van der Waals surface area contributed by atoms with Crippen molar-refractivity contribution in [3.8, 4) is 0 Å². The molecule has 5 rings (SSSR count). The molecule has 5 nitrogen and oxygen atoms in total. The zero-order valence-electron chi connectivity index (χ0n) is 11.8. The molecule has 0 spiro atoms. The molecule has 20 heavy (non-hydrogen) atoms. The molecule has 2 bridgehead atoms. The molecule has 4 heterocycles. The highest BCUT2D eigenvalue weighted by Gasteiger charge is 2.60. The van der Waals surface area contributed by atoms with E-state index >= 15 is 0 Å². The minimum absolute atomic E-state index is 0.141. The summed E-state index contributed by atoms with van der Waals surface area (Å²) in [5, 5.41) is 0. The van der Waals surface area contributed by atoms with Crippen LogP contribution in [0, 0.1) is 6.92 Å². The first-order chi connectivity index (χ1) is 9.53. The van der Waals surface area contributed by atoms with Crippen molar-refractivity contribution in [2.45, 2.75) is 57.1 Å². The molecule has 2 aliphatic heterocycles. The number of fused-ring (bicyclic) bond motifs is 10. The third-order valence-electron chi connectivity index (χ3n) is 4.80. The van der Waals surface area contributed by atoms with Crippen molar-refractivity contribution in [2.75, 3.05) is 0 Å². The summed E-state index contributed by atoms with van der Waals surface area (Å²) in [6, 6.07) is 4.40. The van der Waals surface area contributed by atoms with Crippen LogP contribution >= 0.6 is 0 Å². The predicted octanol–water partition coefficient (Wildman–Crippen LogP) is 2.30. The second kappa shape index (κ2) is 3.23. The van der Waals surface area contributed by atoms with Gasteiger partial charge in [-0.15, -0.1) is 0 Å². The van der Waals surface area contributed by atoms with Gasteiger partial charge in [-0.25, -0.2) is 9.97 Å². The van der Waals surface area contributed by atoms with Crippen LogP contribution in [-0.4, -0.2) is 32.5 Å². The van der Waals surface area contributed by atoms with Crippen LogP contribution in [0.25, 0.3) is 11.2 Å². The van der Waals surface area contributed by atoms with Crippen LogP contribution in [-0.2, 0) is 9.47 Å². The highest BCUT2D eigenvalue weighted by molar-refractivity contribution is 5.73. The molecule has 0 aromatic carbocycles. The van der Waals surface area contributed by atoms with Crippen LogP contribution in [0.3, 0.4) is 0 Å². The summed E-state index contributed by atoms with van der Waals surface area (Å²) < 4.78 is 14.5. The first kappa shape index (κ1) is 11.2. The van der Waals surface area contributed by atoms with Crippen molar-refractivity contribution in [3.05, 3.63) is 23.7 Å². The molecule has 3 aliphatic rings. The van der Waals surface area contributed by atoms with Crippen molar-refractivity contribution in [1.29, 1.82) is 0 Å². The lowest BCUT2D eigenvalue weighted by atomic mass is 10.0. The molecule has 1 aliphatic carbocycles. The van der Waals surface area contributed by atoms with Gasteiger partial charge < -0.3 is 14.0 Å². The third kappa shape index (κ3) is 1.21. The van der Waals surface area contributed by atoms with E-state index in [-0.39, 0.29) is 12.2 Å². The number of ether oxygens (including phenoxy) is 2. The monoisotopic (exact) mass is 271 g/mol. The first-order valence-corrected chi connectivity index (χ1v) is 7.25. The lowest BCUT2D eigenvalue weighted by Gasteiger charge is -2.23. The van der Waals surface area contributed by atoms with Crippen molar-refractivity contribution in [3.63, 3.8) is 0 Å². The van der Waals surface area contributed by atoms with E-state index in [0.29, 0.717) is 12.0 Å². The normalized spacial score (nSPS) is 36.5. The minimum atomic E-state index is -0.477. The summed E-state index contributed by atoms with van der Waals surface area (Å²) in [5.74, 6) is 1.00. The van der Waals surface area contributed by atoms with Gasteiger partial charge in [-0.05, 0) is 39.3 Å². The van der Waals surface area contributed by atoms with Gasteiger partial charge in [0.1, 0.15) is 17.4 Å². The number of imidazole rings is 1. The second-order valence-corrected chi connectivity index (χ2v) is 6.61. The average Bonchev–Trinajstić information content (AvgIpc) is 3.04. The summed E-state index contributed by atoms with van der Waals surface area (Å²) in [6.07, 6.45) is 1.36. The van der Waals surface area contributed by atoms with E-state index < -0.39 is 5.79 Å². The molecule has 0 radical (unpaired) electrons. The largest absolute Gasteiger partial charge is 0.344 e. The second-order valence-electron chi connectivity index (χ2n) is 6.61. The summed E-state index contributed by atoms with van der Waals surface area (Å²) in [7, 11) is 0. The Morgan fingerprint density at radius 1 is 1.20 bits per heavy atom. The topological polar surface area (TPSA) is 49.2 Å². The lowest BCUT2D eigenvalue weighted by molar-refractivity contribution is -0.154. The minimum Gasteiger partial charge on any atom is -0.344 e. The average molecular weight is 271 g/mol. The Kier molecular flexibility index (Phi) is 1.81. The molecule has 5 heteroatoms. The molecule has 2 aromatic heterocycles. The lowest BCUT2D eigenvalue weighted by Crippen LogP contribution is -2.32. The zero-order chi connectivity index (χ0) is 13.6. The van der Waals surface area contributed by atoms with Gasteiger partial charge in [-0.1, -0.05) is 0 Å². The maximum Gasteiger partial charge on any atom is 0.163 e. The van der Waals surface area contributed by atoms with E-state index in [1.807, 2.05) is 26.8 Å². The zero-order valence-corrected chi connectivity index (χ0v) is 11.8. The van der Waals surface area contributed by atoms with Crippen LogP contribution in [0.1, 0.15) is 43.7 Å². The summed E-state index contributed by atoms with van der Waals surface area (Å²) in [6.45, 7) is 6.01. The van der Waals surface area contributed by atoms with Gasteiger partial charge in [0.25, 0.3) is 0 Å². The molecular weight excluding hydrogens is 254 g/mol. The number of rotatable bonds is 0. The quantitative estimate of drug-likeness (QED) is 0.737. The molecular formula is C15H17N3O2. The Morgan fingerprint density at radius 3 is 2.85 bits per heavy atom. The fraction of sp³-hybridized carbons (Fsp3) is 0.600. The van der Waals surface area contributed by atoms with E-state index in [2.05, 4.69) is 15.6 Å². The van der Waals surface area contributed by atoms with Gasteiger partial charge in [-0.3, -0.25) is 0 Å². The van der Waals surface area contributed by atoms with Crippen molar-refractivity contribution in [2.24, 2.45) is 0 Å². The van der Waals surface area contributed by atoms with Gasteiger partial charge in [0.15, 0.2) is 11.4 Å². The Morgan fingerprint density at radius 2 is 2.00 bits per heavy atom.